The predicted octanol–water partition coefficient (Wildman–Crippen LogP) is 5.62. The minimum absolute atomic E-state index is 0.286. The molecule has 1 heterocycles. The van der Waals surface area contributed by atoms with Crippen molar-refractivity contribution in [3.8, 4) is 28.1 Å². The lowest BCUT2D eigenvalue weighted by Gasteiger charge is -2.10. The van der Waals surface area contributed by atoms with Gasteiger partial charge in [-0.3, -0.25) is 4.68 Å². The molecule has 0 amide bonds. The molecule has 0 atom stereocenters. The van der Waals surface area contributed by atoms with E-state index in [0.717, 1.165) is 27.9 Å². The van der Waals surface area contributed by atoms with Crippen LogP contribution in [0.3, 0.4) is 0 Å². The highest BCUT2D eigenvalue weighted by molar-refractivity contribution is 6.33. The summed E-state index contributed by atoms with van der Waals surface area (Å²) >= 11 is 6.25. The van der Waals surface area contributed by atoms with E-state index in [-0.39, 0.29) is 5.75 Å². The van der Waals surface area contributed by atoms with Gasteiger partial charge >= 0.3 is 0 Å². The Morgan fingerprint density at radius 3 is 2.35 bits per heavy atom. The molecule has 3 aromatic carbocycles. The van der Waals surface area contributed by atoms with Gasteiger partial charge in [-0.25, -0.2) is 0 Å². The molecule has 1 N–H and O–H groups in total. The summed E-state index contributed by atoms with van der Waals surface area (Å²) in [7, 11) is 0. The number of hydrogen-bond acceptors (Lipinski definition) is 2. The zero-order valence-corrected chi connectivity index (χ0v) is 14.8. The van der Waals surface area contributed by atoms with Crippen LogP contribution in [0.25, 0.3) is 22.4 Å². The first-order valence-corrected chi connectivity index (χ1v) is 8.75. The van der Waals surface area contributed by atoms with Gasteiger partial charge in [0, 0.05) is 22.9 Å². The van der Waals surface area contributed by atoms with Crippen LogP contribution in [-0.4, -0.2) is 14.9 Å². The third kappa shape index (κ3) is 3.22. The quantitative estimate of drug-likeness (QED) is 0.512. The van der Waals surface area contributed by atoms with Crippen molar-refractivity contribution in [3.05, 3.63) is 95.6 Å². The summed E-state index contributed by atoms with van der Waals surface area (Å²) in [5, 5.41) is 16.0. The van der Waals surface area contributed by atoms with Crippen molar-refractivity contribution in [2.45, 2.75) is 6.54 Å². The molecule has 26 heavy (non-hydrogen) atoms. The molecule has 0 saturated carbocycles. The minimum Gasteiger partial charge on any atom is -0.507 e. The molecule has 0 saturated heterocycles. The van der Waals surface area contributed by atoms with Crippen LogP contribution in [0.4, 0.5) is 0 Å². The van der Waals surface area contributed by atoms with Gasteiger partial charge in [0.15, 0.2) is 0 Å². The number of aromatic nitrogens is 2. The van der Waals surface area contributed by atoms with Gasteiger partial charge in [0.1, 0.15) is 5.75 Å². The number of aromatic hydroxyl groups is 1. The SMILES string of the molecule is Oc1c(Cn2ccc(-c3ccccc3Cl)n2)cccc1-c1ccccc1. The third-order valence-corrected chi connectivity index (χ3v) is 4.66. The van der Waals surface area contributed by atoms with Crippen LogP contribution in [0.15, 0.2) is 85.1 Å². The summed E-state index contributed by atoms with van der Waals surface area (Å²) in [5.74, 6) is 0.286. The summed E-state index contributed by atoms with van der Waals surface area (Å²) < 4.78 is 1.81. The van der Waals surface area contributed by atoms with E-state index in [1.54, 1.807) is 0 Å². The smallest absolute Gasteiger partial charge is 0.128 e. The van der Waals surface area contributed by atoms with E-state index in [9.17, 15) is 5.11 Å². The monoisotopic (exact) mass is 360 g/mol. The molecule has 3 nitrogen and oxygen atoms in total. The highest BCUT2D eigenvalue weighted by atomic mass is 35.5. The van der Waals surface area contributed by atoms with E-state index >= 15 is 0 Å². The Labute approximate surface area is 157 Å². The van der Waals surface area contributed by atoms with E-state index in [2.05, 4.69) is 5.10 Å². The van der Waals surface area contributed by atoms with Crippen LogP contribution < -0.4 is 0 Å². The van der Waals surface area contributed by atoms with Gasteiger partial charge in [-0.15, -0.1) is 0 Å². The number of nitrogens with zero attached hydrogens (tertiary/aromatic N) is 2. The molecule has 4 aromatic rings. The zero-order valence-electron chi connectivity index (χ0n) is 14.0. The molecule has 0 fully saturated rings. The Morgan fingerprint density at radius 2 is 1.54 bits per heavy atom. The van der Waals surface area contributed by atoms with Crippen molar-refractivity contribution >= 4 is 11.6 Å². The zero-order chi connectivity index (χ0) is 17.9. The molecule has 4 rings (SSSR count). The first kappa shape index (κ1) is 16.4. The fraction of sp³-hybridized carbons (Fsp3) is 0.0455. The van der Waals surface area contributed by atoms with Crippen molar-refractivity contribution in [1.82, 2.24) is 9.78 Å². The fourth-order valence-corrected chi connectivity index (χ4v) is 3.24. The van der Waals surface area contributed by atoms with Gasteiger partial charge in [-0.05, 0) is 17.7 Å². The lowest BCUT2D eigenvalue weighted by Crippen LogP contribution is -2.01. The molecule has 0 unspecified atom stereocenters. The second kappa shape index (κ2) is 7.06. The largest absolute Gasteiger partial charge is 0.507 e. The fourth-order valence-electron chi connectivity index (χ4n) is 3.01. The predicted molar refractivity (Wildman–Crippen MR) is 105 cm³/mol. The molecule has 0 aliphatic heterocycles. The molecular formula is C22H17ClN2O. The highest BCUT2D eigenvalue weighted by Gasteiger charge is 2.11. The Kier molecular flexibility index (Phi) is 4.46. The second-order valence-corrected chi connectivity index (χ2v) is 6.46. The first-order valence-electron chi connectivity index (χ1n) is 8.37. The van der Waals surface area contributed by atoms with Crippen molar-refractivity contribution < 1.29 is 5.11 Å². The van der Waals surface area contributed by atoms with E-state index < -0.39 is 0 Å². The number of para-hydroxylation sites is 1. The van der Waals surface area contributed by atoms with E-state index in [1.165, 1.54) is 0 Å². The summed E-state index contributed by atoms with van der Waals surface area (Å²) in [6.07, 6.45) is 1.90. The molecule has 0 bridgehead atoms. The van der Waals surface area contributed by atoms with Crippen molar-refractivity contribution in [2.24, 2.45) is 0 Å². The van der Waals surface area contributed by atoms with Crippen molar-refractivity contribution in [3.63, 3.8) is 0 Å². The molecule has 0 aliphatic rings. The highest BCUT2D eigenvalue weighted by Crippen LogP contribution is 2.32. The first-order chi connectivity index (χ1) is 12.7. The van der Waals surface area contributed by atoms with Gasteiger partial charge in [0.25, 0.3) is 0 Å². The third-order valence-electron chi connectivity index (χ3n) is 4.33. The van der Waals surface area contributed by atoms with E-state index in [1.807, 2.05) is 89.7 Å². The van der Waals surface area contributed by atoms with Gasteiger partial charge in [0.05, 0.1) is 17.3 Å². The second-order valence-electron chi connectivity index (χ2n) is 6.06. The van der Waals surface area contributed by atoms with Gasteiger partial charge < -0.3 is 5.11 Å². The van der Waals surface area contributed by atoms with Crippen LogP contribution in [0.1, 0.15) is 5.56 Å². The number of phenolic OH excluding ortho intramolecular Hbond substituents is 1. The van der Waals surface area contributed by atoms with Crippen LogP contribution in [-0.2, 0) is 6.54 Å². The molecule has 128 valence electrons. The topological polar surface area (TPSA) is 38.0 Å². The van der Waals surface area contributed by atoms with Crippen molar-refractivity contribution in [2.75, 3.05) is 0 Å². The Balaban J connectivity index is 1.64. The molecule has 0 radical (unpaired) electrons. The number of rotatable bonds is 4. The lowest BCUT2D eigenvalue weighted by atomic mass is 10.0. The summed E-state index contributed by atoms with van der Waals surface area (Å²) in [4.78, 5) is 0. The number of benzene rings is 3. The van der Waals surface area contributed by atoms with Crippen LogP contribution in [0, 0.1) is 0 Å². The maximum Gasteiger partial charge on any atom is 0.128 e. The van der Waals surface area contributed by atoms with Gasteiger partial charge in [-0.2, -0.15) is 5.10 Å². The molecule has 1 aromatic heterocycles. The van der Waals surface area contributed by atoms with E-state index in [4.69, 9.17) is 11.6 Å². The Morgan fingerprint density at radius 1 is 0.808 bits per heavy atom. The molecule has 0 aliphatic carbocycles. The number of halogens is 1. The van der Waals surface area contributed by atoms with Crippen LogP contribution in [0.2, 0.25) is 5.02 Å². The van der Waals surface area contributed by atoms with Crippen molar-refractivity contribution in [1.29, 1.82) is 0 Å². The average molecular weight is 361 g/mol. The van der Waals surface area contributed by atoms with E-state index in [0.29, 0.717) is 11.6 Å². The summed E-state index contributed by atoms with van der Waals surface area (Å²) in [5.41, 5.74) is 4.34. The van der Waals surface area contributed by atoms with Gasteiger partial charge in [-0.1, -0.05) is 78.3 Å². The lowest BCUT2D eigenvalue weighted by molar-refractivity contribution is 0.466. The Bertz CT molecular complexity index is 1040. The van der Waals surface area contributed by atoms with Gasteiger partial charge in [0.2, 0.25) is 0 Å². The molecule has 4 heteroatoms. The molecule has 0 spiro atoms. The maximum absolute atomic E-state index is 10.7. The summed E-state index contributed by atoms with van der Waals surface area (Å²) in [6.45, 7) is 0.483. The number of hydrogen-bond donors (Lipinski definition) is 1. The number of phenols is 1. The normalized spacial score (nSPS) is 10.8. The minimum atomic E-state index is 0.286. The Hall–Kier alpha value is -3.04. The molecular weight excluding hydrogens is 344 g/mol. The average Bonchev–Trinajstić information content (AvgIpc) is 3.13. The summed E-state index contributed by atoms with van der Waals surface area (Å²) in [6, 6.07) is 25.2. The standard InChI is InChI=1S/C22H17ClN2O/c23-20-12-5-4-10-19(20)21-13-14-25(24-21)15-17-9-6-11-18(22(17)26)16-7-2-1-3-8-16/h1-14,26H,15H2. The van der Waals surface area contributed by atoms with Crippen LogP contribution in [0.5, 0.6) is 5.75 Å². The van der Waals surface area contributed by atoms with Crippen LogP contribution >= 0.6 is 11.6 Å². The maximum atomic E-state index is 10.7.